The van der Waals surface area contributed by atoms with Gasteiger partial charge < -0.3 is 39.5 Å². The number of para-hydroxylation sites is 4. The molecule has 2 atom stereocenters. The third-order valence-corrected chi connectivity index (χ3v) is 12.6. The SMILES string of the molecule is CC(C)(O)[C@@H]1CCCN(c2nccnc2Oc2ccc(C(=O)c3nc4ccccc4[nH]3)cc2)C1.CC(C)(O)[C@H]1CCCN(c2nccnc2Oc2ccc(C(=O)c3nc4ccccc4[nH]3)cc2)C1. The van der Waals surface area contributed by atoms with Gasteiger partial charge >= 0.3 is 0 Å². The zero-order valence-electron chi connectivity index (χ0n) is 38.5. The van der Waals surface area contributed by atoms with Crippen LogP contribution in [0.5, 0.6) is 23.3 Å². The second-order valence-electron chi connectivity index (χ2n) is 18.4. The maximum Gasteiger partial charge on any atom is 0.263 e. The van der Waals surface area contributed by atoms with Crippen molar-refractivity contribution in [3.05, 3.63) is 145 Å². The van der Waals surface area contributed by atoms with Crippen molar-refractivity contribution in [2.24, 2.45) is 11.8 Å². The van der Waals surface area contributed by atoms with Crippen molar-refractivity contribution in [3.8, 4) is 23.3 Å². The Kier molecular flexibility index (Phi) is 13.0. The number of nitrogens with zero attached hydrogens (tertiary/aromatic N) is 8. The Bertz CT molecular complexity index is 2760. The molecule has 0 spiro atoms. The van der Waals surface area contributed by atoms with Crippen LogP contribution in [0.2, 0.25) is 0 Å². The third-order valence-electron chi connectivity index (χ3n) is 12.6. The first-order valence-electron chi connectivity index (χ1n) is 22.9. The lowest BCUT2D eigenvalue weighted by Gasteiger charge is -2.39. The van der Waals surface area contributed by atoms with Gasteiger partial charge in [0.25, 0.3) is 11.8 Å². The number of ketones is 2. The lowest BCUT2D eigenvalue weighted by Crippen LogP contribution is -2.45. The molecule has 0 amide bonds. The number of hydrogen-bond acceptors (Lipinski definition) is 14. The van der Waals surface area contributed by atoms with Gasteiger partial charge in [0, 0.05) is 73.9 Å². The highest BCUT2D eigenvalue weighted by molar-refractivity contribution is 6.08. The van der Waals surface area contributed by atoms with Crippen LogP contribution in [0.4, 0.5) is 11.6 Å². The van der Waals surface area contributed by atoms with Gasteiger partial charge in [0.2, 0.25) is 11.6 Å². The molecule has 2 aliphatic heterocycles. The zero-order chi connectivity index (χ0) is 47.4. The van der Waals surface area contributed by atoms with E-state index in [-0.39, 0.29) is 23.4 Å². The maximum absolute atomic E-state index is 12.9. The molecule has 16 nitrogen and oxygen atoms in total. The number of H-pyrrole nitrogens is 2. The minimum Gasteiger partial charge on any atom is -0.436 e. The molecule has 10 rings (SSSR count). The molecule has 0 radical (unpaired) electrons. The first-order chi connectivity index (χ1) is 32.8. The molecule has 8 aromatic rings. The number of carbonyl (C=O) groups is 2. The first kappa shape index (κ1) is 45.6. The Labute approximate surface area is 393 Å². The average molecular weight is 915 g/mol. The topological polar surface area (TPSA) is 208 Å². The van der Waals surface area contributed by atoms with Gasteiger partial charge in [-0.25, -0.2) is 29.9 Å². The van der Waals surface area contributed by atoms with Crippen LogP contribution in [-0.4, -0.2) is 99.0 Å². The number of nitrogens with one attached hydrogen (secondary N) is 2. The molecule has 4 aromatic carbocycles. The monoisotopic (exact) mass is 914 g/mol. The molecule has 0 aliphatic carbocycles. The maximum atomic E-state index is 12.9. The number of benzene rings is 4. The number of fused-ring (bicyclic) bond motifs is 2. The summed E-state index contributed by atoms with van der Waals surface area (Å²) in [5.41, 5.74) is 2.66. The van der Waals surface area contributed by atoms with Crippen LogP contribution in [-0.2, 0) is 0 Å². The van der Waals surface area contributed by atoms with Crippen molar-refractivity contribution in [1.29, 1.82) is 0 Å². The fraction of sp³-hybridized carbons (Fsp3) is 0.308. The second-order valence-corrected chi connectivity index (χ2v) is 18.4. The van der Waals surface area contributed by atoms with Crippen molar-refractivity contribution in [3.63, 3.8) is 0 Å². The number of ether oxygens (including phenoxy) is 2. The minimum absolute atomic E-state index is 0.139. The summed E-state index contributed by atoms with van der Waals surface area (Å²) in [6.45, 7) is 10.4. The van der Waals surface area contributed by atoms with Crippen LogP contribution in [0.1, 0.15) is 85.7 Å². The number of rotatable bonds is 12. The van der Waals surface area contributed by atoms with Crippen molar-refractivity contribution < 1.29 is 29.3 Å². The summed E-state index contributed by atoms with van der Waals surface area (Å²) in [5.74, 6) is 3.72. The van der Waals surface area contributed by atoms with E-state index in [0.717, 1.165) is 60.8 Å². The zero-order valence-corrected chi connectivity index (χ0v) is 38.5. The van der Waals surface area contributed by atoms with Crippen molar-refractivity contribution in [1.82, 2.24) is 39.9 Å². The third kappa shape index (κ3) is 10.4. The van der Waals surface area contributed by atoms with E-state index in [1.807, 2.05) is 76.2 Å². The van der Waals surface area contributed by atoms with Gasteiger partial charge in [0.05, 0.1) is 33.3 Å². The van der Waals surface area contributed by atoms with Crippen LogP contribution < -0.4 is 19.3 Å². The summed E-state index contributed by atoms with van der Waals surface area (Å²) in [6.07, 6.45) is 10.3. The van der Waals surface area contributed by atoms with E-state index in [1.165, 1.54) is 0 Å². The molecule has 4 N–H and O–H groups in total. The van der Waals surface area contributed by atoms with Crippen LogP contribution in [0.3, 0.4) is 0 Å². The molecule has 4 aromatic heterocycles. The van der Waals surface area contributed by atoms with E-state index < -0.39 is 11.2 Å². The molecule has 2 aliphatic rings. The van der Waals surface area contributed by atoms with Crippen LogP contribution >= 0.6 is 0 Å². The average Bonchev–Trinajstić information content (AvgIpc) is 4.00. The summed E-state index contributed by atoms with van der Waals surface area (Å²) in [7, 11) is 0. The number of piperidine rings is 2. The number of carbonyl (C=O) groups excluding carboxylic acids is 2. The van der Waals surface area contributed by atoms with E-state index in [1.54, 1.807) is 73.3 Å². The van der Waals surface area contributed by atoms with E-state index in [9.17, 15) is 19.8 Å². The highest BCUT2D eigenvalue weighted by Gasteiger charge is 2.34. The molecule has 0 unspecified atom stereocenters. The second kappa shape index (κ2) is 19.3. The number of aromatic nitrogens is 8. The van der Waals surface area contributed by atoms with Gasteiger partial charge in [0.1, 0.15) is 11.5 Å². The van der Waals surface area contributed by atoms with E-state index in [2.05, 4.69) is 49.7 Å². The standard InChI is InChI=1S/2C26H27N5O3/c2*1-26(2,33)18-6-5-15-31(16-18)24-25(28-14-13-27-24)34-19-11-9-17(10-12-19)22(32)23-29-20-7-3-4-8-21(20)30-23/h2*3-4,7-14,18,33H,5-6,15-16H2,1-2H3,(H,29,30)/t2*18-/m10/s1. The Hall–Kier alpha value is -7.56. The van der Waals surface area contributed by atoms with E-state index in [4.69, 9.17) is 9.47 Å². The fourth-order valence-corrected chi connectivity index (χ4v) is 8.67. The summed E-state index contributed by atoms with van der Waals surface area (Å²) in [6, 6.07) is 28.9. The molecule has 16 heteroatoms. The van der Waals surface area contributed by atoms with Gasteiger partial charge in [-0.3, -0.25) is 9.59 Å². The number of imidazole rings is 2. The largest absolute Gasteiger partial charge is 0.436 e. The van der Waals surface area contributed by atoms with Crippen LogP contribution in [0.25, 0.3) is 22.1 Å². The predicted octanol–water partition coefficient (Wildman–Crippen LogP) is 8.73. The lowest BCUT2D eigenvalue weighted by molar-refractivity contribution is 0.0105. The highest BCUT2D eigenvalue weighted by Crippen LogP contribution is 2.36. The Morgan fingerprint density at radius 2 is 0.941 bits per heavy atom. The van der Waals surface area contributed by atoms with Crippen molar-refractivity contribution >= 4 is 45.3 Å². The Morgan fingerprint density at radius 3 is 1.32 bits per heavy atom. The Balaban J connectivity index is 0.000000170. The van der Waals surface area contributed by atoms with Gasteiger partial charge in [-0.05, 0) is 126 Å². The smallest absolute Gasteiger partial charge is 0.263 e. The quantitative estimate of drug-likeness (QED) is 0.0846. The van der Waals surface area contributed by atoms with Gasteiger partial charge in [-0.1, -0.05) is 24.3 Å². The van der Waals surface area contributed by atoms with Crippen LogP contribution in [0.15, 0.2) is 122 Å². The molecule has 348 valence electrons. The summed E-state index contributed by atoms with van der Waals surface area (Å²) >= 11 is 0. The molecule has 0 bridgehead atoms. The molecule has 2 saturated heterocycles. The van der Waals surface area contributed by atoms with E-state index >= 15 is 0 Å². The number of aliphatic hydroxyl groups is 2. The van der Waals surface area contributed by atoms with Gasteiger partial charge in [-0.15, -0.1) is 0 Å². The fourth-order valence-electron chi connectivity index (χ4n) is 8.67. The molecule has 6 heterocycles. The van der Waals surface area contributed by atoms with Crippen molar-refractivity contribution in [2.45, 2.75) is 64.6 Å². The number of anilines is 2. The molecule has 2 fully saturated rings. The summed E-state index contributed by atoms with van der Waals surface area (Å²) in [5, 5.41) is 21.0. The number of aromatic amines is 2. The van der Waals surface area contributed by atoms with E-state index in [0.29, 0.717) is 70.8 Å². The highest BCUT2D eigenvalue weighted by atomic mass is 16.5. The van der Waals surface area contributed by atoms with Crippen molar-refractivity contribution in [2.75, 3.05) is 36.0 Å². The minimum atomic E-state index is -0.760. The summed E-state index contributed by atoms with van der Waals surface area (Å²) in [4.78, 5) is 62.7. The molecular formula is C52H54N10O6. The molecule has 68 heavy (non-hydrogen) atoms. The predicted molar refractivity (Wildman–Crippen MR) is 259 cm³/mol. The first-order valence-corrected chi connectivity index (χ1v) is 22.9. The van der Waals surface area contributed by atoms with Crippen LogP contribution in [0, 0.1) is 11.8 Å². The van der Waals surface area contributed by atoms with Gasteiger partial charge in [-0.2, -0.15) is 0 Å². The van der Waals surface area contributed by atoms with Gasteiger partial charge in [0.15, 0.2) is 23.3 Å². The molecular weight excluding hydrogens is 861 g/mol. The lowest BCUT2D eigenvalue weighted by atomic mass is 9.84. The molecule has 0 saturated carbocycles. The Morgan fingerprint density at radius 1 is 0.559 bits per heavy atom. The normalized spacial score (nSPS) is 16.6. The number of hydrogen-bond donors (Lipinski definition) is 4. The summed E-state index contributed by atoms with van der Waals surface area (Å²) < 4.78 is 12.1.